The zero-order valence-corrected chi connectivity index (χ0v) is 16.3. The van der Waals surface area contributed by atoms with Crippen LogP contribution in [0, 0.1) is 6.92 Å². The summed E-state index contributed by atoms with van der Waals surface area (Å²) < 4.78 is 8.29. The maximum absolute atomic E-state index is 6.07. The molecule has 136 valence electrons. The van der Waals surface area contributed by atoms with Crippen molar-refractivity contribution in [3.8, 4) is 11.1 Å². The van der Waals surface area contributed by atoms with Crippen LogP contribution in [0.4, 0.5) is 5.88 Å². The van der Waals surface area contributed by atoms with Gasteiger partial charge in [0, 0.05) is 28.8 Å². The largest absolute Gasteiger partial charge is 0.423 e. The summed E-state index contributed by atoms with van der Waals surface area (Å²) in [6.07, 6.45) is 6.15. The van der Waals surface area contributed by atoms with E-state index < -0.39 is 0 Å². The average Bonchev–Trinajstić information content (AvgIpc) is 3.10. The van der Waals surface area contributed by atoms with Gasteiger partial charge in [-0.1, -0.05) is 42.4 Å². The Bertz CT molecular complexity index is 1210. The molecule has 1 aliphatic rings. The molecule has 28 heavy (non-hydrogen) atoms. The Kier molecular flexibility index (Phi) is 3.83. The van der Waals surface area contributed by atoms with E-state index in [-0.39, 0.29) is 6.85 Å². The van der Waals surface area contributed by atoms with Crippen molar-refractivity contribution < 1.29 is 8.98 Å². The first-order valence-corrected chi connectivity index (χ1v) is 9.47. The summed E-state index contributed by atoms with van der Waals surface area (Å²) in [6, 6.07) is 16.8. The minimum atomic E-state index is 0.0987. The molecule has 0 saturated carbocycles. The van der Waals surface area contributed by atoms with Crippen LogP contribution in [0.3, 0.4) is 0 Å². The molecule has 5 heteroatoms. The Morgan fingerprint density at radius 2 is 1.93 bits per heavy atom. The molecule has 0 spiro atoms. The molecule has 0 saturated heterocycles. The van der Waals surface area contributed by atoms with Gasteiger partial charge in [0.25, 0.3) is 0 Å². The van der Waals surface area contributed by atoms with Crippen molar-refractivity contribution in [2.45, 2.75) is 6.92 Å². The van der Waals surface area contributed by atoms with Crippen molar-refractivity contribution in [1.29, 1.82) is 0 Å². The average molecular weight is 366 g/mol. The summed E-state index contributed by atoms with van der Waals surface area (Å²) in [5.74, 6) is 3.10. The van der Waals surface area contributed by atoms with Crippen LogP contribution in [-0.4, -0.2) is 18.9 Å². The second-order valence-corrected chi connectivity index (χ2v) is 7.36. The molecule has 5 rings (SSSR count). The highest BCUT2D eigenvalue weighted by molar-refractivity contribution is 6.80. The number of furan rings is 1. The van der Waals surface area contributed by atoms with E-state index in [1.165, 1.54) is 22.3 Å². The third-order valence-electron chi connectivity index (χ3n) is 5.57. The van der Waals surface area contributed by atoms with E-state index in [9.17, 15) is 0 Å². The van der Waals surface area contributed by atoms with Crippen LogP contribution < -0.4 is 15.0 Å². The van der Waals surface area contributed by atoms with Crippen molar-refractivity contribution in [1.82, 2.24) is 4.98 Å². The fourth-order valence-corrected chi connectivity index (χ4v) is 4.09. The number of rotatable bonds is 2. The van der Waals surface area contributed by atoms with Crippen molar-refractivity contribution in [2.24, 2.45) is 7.05 Å². The molecule has 0 fully saturated rings. The Morgan fingerprint density at radius 3 is 2.75 bits per heavy atom. The summed E-state index contributed by atoms with van der Waals surface area (Å²) >= 11 is 0. The van der Waals surface area contributed by atoms with Crippen molar-refractivity contribution in [2.75, 3.05) is 11.9 Å². The minimum absolute atomic E-state index is 0.0987. The second-order valence-electron chi connectivity index (χ2n) is 7.36. The van der Waals surface area contributed by atoms with Gasteiger partial charge in [-0.05, 0) is 37.2 Å². The molecular weight excluding hydrogens is 345 g/mol. The quantitative estimate of drug-likeness (QED) is 0.402. The van der Waals surface area contributed by atoms with Gasteiger partial charge in [-0.25, -0.2) is 9.55 Å². The van der Waals surface area contributed by atoms with E-state index in [2.05, 4.69) is 96.1 Å². The molecule has 3 aromatic heterocycles. The number of hydrogen-bond acceptors (Lipinski definition) is 3. The van der Waals surface area contributed by atoms with Gasteiger partial charge in [-0.3, -0.25) is 0 Å². The maximum Gasteiger partial charge on any atom is 0.398 e. The highest BCUT2D eigenvalue weighted by Crippen LogP contribution is 2.35. The molecule has 1 aromatic carbocycles. The van der Waals surface area contributed by atoms with Gasteiger partial charge in [0.05, 0.1) is 0 Å². The van der Waals surface area contributed by atoms with Crippen LogP contribution in [0.5, 0.6) is 0 Å². The molecular formula is C23H21BN3O+. The number of hydrogen-bond donors (Lipinski definition) is 0. The molecule has 0 amide bonds. The number of anilines is 1. The maximum atomic E-state index is 6.07. The third kappa shape index (κ3) is 2.54. The van der Waals surface area contributed by atoms with Crippen LogP contribution in [0.25, 0.3) is 28.3 Å². The molecule has 1 aliphatic heterocycles. The first-order chi connectivity index (χ1) is 13.6. The highest BCUT2D eigenvalue weighted by atomic mass is 16.4. The molecule has 4 heterocycles. The van der Waals surface area contributed by atoms with E-state index in [1.807, 2.05) is 6.07 Å². The molecule has 0 atom stereocenters. The summed E-state index contributed by atoms with van der Waals surface area (Å²) in [5, 5.41) is 1.05. The van der Waals surface area contributed by atoms with Crippen molar-refractivity contribution in [3.63, 3.8) is 0 Å². The molecule has 0 N–H and O–H groups in total. The molecule has 0 aliphatic carbocycles. The Balaban J connectivity index is 1.58. The van der Waals surface area contributed by atoms with Crippen LogP contribution in [-0.2, 0) is 7.05 Å². The smallest absolute Gasteiger partial charge is 0.398 e. The number of aryl methyl sites for hydroxylation is 2. The van der Waals surface area contributed by atoms with Crippen molar-refractivity contribution >= 4 is 35.5 Å². The monoisotopic (exact) mass is 366 g/mol. The van der Waals surface area contributed by atoms with Gasteiger partial charge >= 0.3 is 6.85 Å². The van der Waals surface area contributed by atoms with Crippen molar-refractivity contribution in [3.05, 3.63) is 78.0 Å². The lowest BCUT2D eigenvalue weighted by molar-refractivity contribution is -0.653. The Labute approximate surface area is 164 Å². The predicted molar refractivity (Wildman–Crippen MR) is 115 cm³/mol. The lowest BCUT2D eigenvalue weighted by atomic mass is 9.55. The van der Waals surface area contributed by atoms with Crippen LogP contribution in [0.2, 0.25) is 0 Å². The number of nitrogens with zero attached hydrogens (tertiary/aromatic N) is 3. The first-order valence-electron chi connectivity index (χ1n) is 9.47. The molecule has 4 nitrogen and oxygen atoms in total. The zero-order chi connectivity index (χ0) is 19.3. The van der Waals surface area contributed by atoms with Gasteiger partial charge in [-0.15, -0.1) is 0 Å². The highest BCUT2D eigenvalue weighted by Gasteiger charge is 2.35. The Morgan fingerprint density at radius 1 is 1.11 bits per heavy atom. The van der Waals surface area contributed by atoms with E-state index in [0.29, 0.717) is 5.71 Å². The topological polar surface area (TPSA) is 33.2 Å². The second kappa shape index (κ2) is 6.38. The summed E-state index contributed by atoms with van der Waals surface area (Å²) in [7, 11) is 4.19. The molecule has 0 unspecified atom stereocenters. The lowest BCUT2D eigenvalue weighted by Crippen LogP contribution is -2.60. The van der Waals surface area contributed by atoms with Gasteiger partial charge < -0.3 is 9.23 Å². The normalized spacial score (nSPS) is 13.2. The number of aromatic nitrogens is 2. The fourth-order valence-electron chi connectivity index (χ4n) is 4.09. The van der Waals surface area contributed by atoms with Gasteiger partial charge in [0.2, 0.25) is 5.71 Å². The van der Waals surface area contributed by atoms with Gasteiger partial charge in [0.15, 0.2) is 17.7 Å². The van der Waals surface area contributed by atoms with Gasteiger partial charge in [0.1, 0.15) is 7.05 Å². The first kappa shape index (κ1) is 16.8. The zero-order valence-electron chi connectivity index (χ0n) is 16.3. The van der Waals surface area contributed by atoms with Gasteiger partial charge in [-0.2, -0.15) is 0 Å². The van der Waals surface area contributed by atoms with E-state index in [4.69, 9.17) is 4.42 Å². The summed E-state index contributed by atoms with van der Waals surface area (Å²) in [6.45, 7) is 2.27. The summed E-state index contributed by atoms with van der Waals surface area (Å²) in [5.41, 5.74) is 6.75. The SMILES string of the molecule is Cc1cc(B2C=Cc3c(oc4ncccc34)N2C)[n+](C)cc1-c1ccccc1. The fraction of sp³-hybridized carbons (Fsp3) is 0.130. The van der Waals surface area contributed by atoms with E-state index >= 15 is 0 Å². The minimum Gasteiger partial charge on any atom is -0.423 e. The molecule has 4 aromatic rings. The van der Waals surface area contributed by atoms with Crippen LogP contribution in [0.15, 0.2) is 71.3 Å². The number of pyridine rings is 2. The third-order valence-corrected chi connectivity index (χ3v) is 5.57. The van der Waals surface area contributed by atoms with E-state index in [1.54, 1.807) is 6.20 Å². The summed E-state index contributed by atoms with van der Waals surface area (Å²) in [4.78, 5) is 6.55. The predicted octanol–water partition coefficient (Wildman–Crippen LogP) is 3.53. The number of benzene rings is 1. The Hall–Kier alpha value is -3.34. The molecule has 0 radical (unpaired) electrons. The standard InChI is InChI=1S/C23H21BN3O/c1-16-14-21(26(2)15-20(16)17-8-5-4-6-9-17)24-12-11-19-18-10-7-13-25-22(18)28-23(19)27(24)3/h4-15H,1-3H3/q+1. The van der Waals surface area contributed by atoms with Crippen LogP contribution >= 0.6 is 0 Å². The lowest BCUT2D eigenvalue weighted by Gasteiger charge is -2.24. The van der Waals surface area contributed by atoms with Crippen LogP contribution in [0.1, 0.15) is 11.1 Å². The van der Waals surface area contributed by atoms with E-state index in [0.717, 1.165) is 16.8 Å². The number of fused-ring (bicyclic) bond motifs is 3. The molecule has 0 bridgehead atoms.